The Labute approximate surface area is 91.5 Å². The summed E-state index contributed by atoms with van der Waals surface area (Å²) in [5, 5.41) is 22.1. The predicted octanol–water partition coefficient (Wildman–Crippen LogP) is 1.43. The quantitative estimate of drug-likeness (QED) is 0.735. The molecule has 0 saturated heterocycles. The monoisotopic (exact) mass is 208 g/mol. The summed E-state index contributed by atoms with van der Waals surface area (Å²) in [4.78, 5) is 0. The highest BCUT2D eigenvalue weighted by molar-refractivity contribution is 4.95. The van der Waals surface area contributed by atoms with Gasteiger partial charge >= 0.3 is 0 Å². The van der Waals surface area contributed by atoms with Crippen molar-refractivity contribution in [3.05, 3.63) is 0 Å². The van der Waals surface area contributed by atoms with E-state index < -0.39 is 0 Å². The molecule has 2 saturated carbocycles. The van der Waals surface area contributed by atoms with Crippen LogP contribution < -0.4 is 5.32 Å². The highest BCUT2D eigenvalue weighted by atomic mass is 16.3. The molecule has 3 atom stereocenters. The van der Waals surface area contributed by atoms with E-state index in [1.54, 1.807) is 0 Å². The van der Waals surface area contributed by atoms with Crippen LogP contribution in [0.2, 0.25) is 0 Å². The second-order valence-corrected chi connectivity index (χ2v) is 4.94. The van der Waals surface area contributed by atoms with Gasteiger partial charge in [0.2, 0.25) is 0 Å². The summed E-state index contributed by atoms with van der Waals surface area (Å²) in [5.41, 5.74) is 0. The second kappa shape index (κ2) is 4.96. The van der Waals surface area contributed by atoms with Crippen LogP contribution in [0.15, 0.2) is 0 Å². The fourth-order valence-electron chi connectivity index (χ4n) is 2.45. The van der Waals surface area contributed by atoms with Crippen LogP contribution in [0.1, 0.15) is 38.5 Å². The molecular weight excluding hydrogens is 188 g/mol. The van der Waals surface area contributed by atoms with Gasteiger partial charge in [-0.25, -0.2) is 0 Å². The van der Waals surface area contributed by atoms with E-state index in [9.17, 15) is 5.11 Å². The zero-order valence-electron chi connectivity index (χ0n) is 9.15. The maximum absolute atomic E-state index is 9.73. The van der Waals surface area contributed by atoms with Crippen LogP contribution in [-0.4, -0.2) is 23.8 Å². The zero-order chi connectivity index (χ0) is 10.7. The first kappa shape index (κ1) is 10.9. The van der Waals surface area contributed by atoms with Crippen LogP contribution in [0, 0.1) is 23.2 Å². The van der Waals surface area contributed by atoms with Gasteiger partial charge in [-0.15, -0.1) is 0 Å². The van der Waals surface area contributed by atoms with Crippen LogP contribution >= 0.6 is 0 Å². The molecule has 3 unspecified atom stereocenters. The third kappa shape index (κ3) is 2.93. The van der Waals surface area contributed by atoms with Gasteiger partial charge in [0.05, 0.1) is 18.1 Å². The van der Waals surface area contributed by atoms with Crippen molar-refractivity contribution in [2.75, 3.05) is 6.54 Å². The van der Waals surface area contributed by atoms with Gasteiger partial charge in [-0.2, -0.15) is 5.26 Å². The molecule has 0 bridgehead atoms. The molecule has 15 heavy (non-hydrogen) atoms. The fraction of sp³-hybridized carbons (Fsp3) is 0.917. The van der Waals surface area contributed by atoms with E-state index in [4.69, 9.17) is 5.26 Å². The van der Waals surface area contributed by atoms with Crippen molar-refractivity contribution in [3.63, 3.8) is 0 Å². The number of hydrogen-bond donors (Lipinski definition) is 2. The highest BCUT2D eigenvalue weighted by Crippen LogP contribution is 2.32. The van der Waals surface area contributed by atoms with Gasteiger partial charge in [-0.3, -0.25) is 0 Å². The Morgan fingerprint density at radius 2 is 2.00 bits per heavy atom. The Kier molecular flexibility index (Phi) is 3.61. The van der Waals surface area contributed by atoms with Gasteiger partial charge in [0.1, 0.15) is 0 Å². The van der Waals surface area contributed by atoms with Crippen LogP contribution in [0.4, 0.5) is 0 Å². The summed E-state index contributed by atoms with van der Waals surface area (Å²) in [6, 6.07) is 2.70. The highest BCUT2D eigenvalue weighted by Gasteiger charge is 2.31. The molecule has 3 heteroatoms. The van der Waals surface area contributed by atoms with Crippen molar-refractivity contribution < 1.29 is 5.11 Å². The molecule has 2 rings (SSSR count). The minimum absolute atomic E-state index is 0.158. The average molecular weight is 208 g/mol. The summed E-state index contributed by atoms with van der Waals surface area (Å²) < 4.78 is 0. The number of aliphatic hydroxyl groups is 1. The first-order valence-electron chi connectivity index (χ1n) is 6.12. The van der Waals surface area contributed by atoms with E-state index in [0.29, 0.717) is 18.5 Å². The van der Waals surface area contributed by atoms with E-state index in [2.05, 4.69) is 11.4 Å². The van der Waals surface area contributed by atoms with E-state index in [1.807, 2.05) is 0 Å². The molecule has 84 valence electrons. The van der Waals surface area contributed by atoms with Gasteiger partial charge in [-0.05, 0) is 31.6 Å². The summed E-state index contributed by atoms with van der Waals surface area (Å²) in [7, 11) is 0. The Morgan fingerprint density at radius 3 is 2.67 bits per heavy atom. The number of nitrogens with zero attached hydrogens (tertiary/aromatic N) is 1. The van der Waals surface area contributed by atoms with Crippen LogP contribution in [0.5, 0.6) is 0 Å². The summed E-state index contributed by atoms with van der Waals surface area (Å²) in [6.07, 6.45) is 6.68. The van der Waals surface area contributed by atoms with E-state index in [0.717, 1.165) is 12.8 Å². The molecule has 2 aliphatic carbocycles. The summed E-state index contributed by atoms with van der Waals surface area (Å²) in [5.74, 6) is 0.687. The average Bonchev–Trinajstić information content (AvgIpc) is 3.10. The van der Waals surface area contributed by atoms with Crippen molar-refractivity contribution in [2.24, 2.45) is 11.8 Å². The molecule has 0 aliphatic heterocycles. The lowest BCUT2D eigenvalue weighted by Crippen LogP contribution is -2.42. The minimum Gasteiger partial charge on any atom is -0.392 e. The molecule has 0 heterocycles. The minimum atomic E-state index is -0.189. The standard InChI is InChI=1S/C12H20N2O/c13-7-10-3-1-2-4-11(10)14-8-12(15)9-5-6-9/h9-12,14-15H,1-6,8H2. The first-order valence-corrected chi connectivity index (χ1v) is 6.12. The molecule has 0 aromatic heterocycles. The number of aliphatic hydroxyl groups excluding tert-OH is 1. The van der Waals surface area contributed by atoms with Crippen LogP contribution in [-0.2, 0) is 0 Å². The normalized spacial score (nSPS) is 33.3. The lowest BCUT2D eigenvalue weighted by Gasteiger charge is -2.28. The van der Waals surface area contributed by atoms with Crippen molar-refractivity contribution in [2.45, 2.75) is 50.7 Å². The third-order valence-corrected chi connectivity index (χ3v) is 3.69. The van der Waals surface area contributed by atoms with Crippen molar-refractivity contribution >= 4 is 0 Å². The Hall–Kier alpha value is -0.590. The smallest absolute Gasteiger partial charge is 0.0692 e. The SMILES string of the molecule is N#CC1CCCCC1NCC(O)C1CC1. The molecule has 3 nitrogen and oxygen atoms in total. The van der Waals surface area contributed by atoms with Gasteiger partial charge in [0, 0.05) is 12.6 Å². The largest absolute Gasteiger partial charge is 0.392 e. The Bertz CT molecular complexity index is 244. The lowest BCUT2D eigenvalue weighted by atomic mass is 9.85. The predicted molar refractivity (Wildman–Crippen MR) is 58.1 cm³/mol. The van der Waals surface area contributed by atoms with Gasteiger partial charge < -0.3 is 10.4 Å². The Balaban J connectivity index is 1.74. The molecule has 0 aromatic carbocycles. The van der Waals surface area contributed by atoms with Crippen LogP contribution in [0.25, 0.3) is 0 Å². The number of nitriles is 1. The molecule has 2 fully saturated rings. The molecule has 0 amide bonds. The second-order valence-electron chi connectivity index (χ2n) is 4.94. The van der Waals surface area contributed by atoms with E-state index in [-0.39, 0.29) is 12.0 Å². The Morgan fingerprint density at radius 1 is 1.27 bits per heavy atom. The van der Waals surface area contributed by atoms with Crippen LogP contribution in [0.3, 0.4) is 0 Å². The number of rotatable bonds is 4. The fourth-order valence-corrected chi connectivity index (χ4v) is 2.45. The number of hydrogen-bond acceptors (Lipinski definition) is 3. The van der Waals surface area contributed by atoms with E-state index >= 15 is 0 Å². The van der Waals surface area contributed by atoms with Crippen molar-refractivity contribution in [1.29, 1.82) is 5.26 Å². The molecule has 0 radical (unpaired) electrons. The lowest BCUT2D eigenvalue weighted by molar-refractivity contribution is 0.138. The number of nitrogens with one attached hydrogen (secondary N) is 1. The van der Waals surface area contributed by atoms with E-state index in [1.165, 1.54) is 25.7 Å². The first-order chi connectivity index (χ1) is 7.31. The molecule has 2 aliphatic rings. The molecule has 0 aromatic rings. The summed E-state index contributed by atoms with van der Waals surface area (Å²) >= 11 is 0. The maximum Gasteiger partial charge on any atom is 0.0692 e. The van der Waals surface area contributed by atoms with Gasteiger partial charge in [0.15, 0.2) is 0 Å². The maximum atomic E-state index is 9.73. The van der Waals surface area contributed by atoms with Crippen molar-refractivity contribution in [3.8, 4) is 6.07 Å². The van der Waals surface area contributed by atoms with Gasteiger partial charge in [0.25, 0.3) is 0 Å². The third-order valence-electron chi connectivity index (χ3n) is 3.69. The summed E-state index contributed by atoms with van der Waals surface area (Å²) in [6.45, 7) is 0.674. The zero-order valence-corrected chi connectivity index (χ0v) is 9.15. The van der Waals surface area contributed by atoms with Crippen molar-refractivity contribution in [1.82, 2.24) is 5.32 Å². The molecule has 2 N–H and O–H groups in total. The molecule has 0 spiro atoms. The van der Waals surface area contributed by atoms with Gasteiger partial charge in [-0.1, -0.05) is 12.8 Å². The topological polar surface area (TPSA) is 56.0 Å². The molecular formula is C12H20N2O.